The zero-order chi connectivity index (χ0) is 16.5. The first-order valence-electron chi connectivity index (χ1n) is 8.23. The molecule has 1 aliphatic rings. The summed E-state index contributed by atoms with van der Waals surface area (Å²) in [6, 6.07) is 6.60. The van der Waals surface area contributed by atoms with E-state index in [4.69, 9.17) is 9.73 Å². The summed E-state index contributed by atoms with van der Waals surface area (Å²) >= 11 is 0. The Morgan fingerprint density at radius 1 is 1.30 bits per heavy atom. The van der Waals surface area contributed by atoms with E-state index in [-0.39, 0.29) is 5.82 Å². The fourth-order valence-corrected chi connectivity index (χ4v) is 2.53. The van der Waals surface area contributed by atoms with Gasteiger partial charge in [0.05, 0.1) is 19.8 Å². The van der Waals surface area contributed by atoms with E-state index in [1.807, 2.05) is 19.2 Å². The summed E-state index contributed by atoms with van der Waals surface area (Å²) in [4.78, 5) is 9.13. The lowest BCUT2D eigenvalue weighted by molar-refractivity contribution is 0.0394. The molecule has 128 valence electrons. The highest BCUT2D eigenvalue weighted by atomic mass is 19.1. The summed E-state index contributed by atoms with van der Waals surface area (Å²) in [5.41, 5.74) is 1.06. The summed E-state index contributed by atoms with van der Waals surface area (Å²) in [6.45, 7) is 8.88. The molecule has 1 aromatic carbocycles. The lowest BCUT2D eigenvalue weighted by atomic mass is 10.2. The molecule has 2 rings (SSSR count). The minimum Gasteiger partial charge on any atom is -0.379 e. The van der Waals surface area contributed by atoms with Crippen LogP contribution in [0.25, 0.3) is 0 Å². The maximum Gasteiger partial charge on any atom is 0.194 e. The SMILES string of the molecule is CCNC(=NCCN1CCOCC1)N(C)Cc1ccc(F)cc1. The van der Waals surface area contributed by atoms with Crippen molar-refractivity contribution in [1.29, 1.82) is 0 Å². The molecular weight excluding hydrogens is 295 g/mol. The van der Waals surface area contributed by atoms with Crippen molar-refractivity contribution in [3.63, 3.8) is 0 Å². The average molecular weight is 322 g/mol. The monoisotopic (exact) mass is 322 g/mol. The Hall–Kier alpha value is -1.66. The normalized spacial score (nSPS) is 16.4. The van der Waals surface area contributed by atoms with E-state index < -0.39 is 0 Å². The number of hydrogen-bond donors (Lipinski definition) is 1. The van der Waals surface area contributed by atoms with Crippen molar-refractivity contribution in [2.75, 3.05) is 53.0 Å². The van der Waals surface area contributed by atoms with Gasteiger partial charge in [0, 0.05) is 39.8 Å². The molecule has 1 heterocycles. The minimum atomic E-state index is -0.206. The lowest BCUT2D eigenvalue weighted by Gasteiger charge is -2.26. The maximum absolute atomic E-state index is 13.0. The second-order valence-corrected chi connectivity index (χ2v) is 5.67. The largest absolute Gasteiger partial charge is 0.379 e. The molecule has 0 saturated carbocycles. The van der Waals surface area contributed by atoms with Crippen LogP contribution in [0.1, 0.15) is 12.5 Å². The first-order valence-corrected chi connectivity index (χ1v) is 8.23. The zero-order valence-corrected chi connectivity index (χ0v) is 14.1. The van der Waals surface area contributed by atoms with Crippen molar-refractivity contribution in [2.45, 2.75) is 13.5 Å². The maximum atomic E-state index is 13.0. The van der Waals surface area contributed by atoms with Gasteiger partial charge in [0.1, 0.15) is 5.82 Å². The van der Waals surface area contributed by atoms with Gasteiger partial charge in [0.2, 0.25) is 0 Å². The Kier molecular flexibility index (Phi) is 7.29. The third-order valence-electron chi connectivity index (χ3n) is 3.81. The molecule has 5 nitrogen and oxygen atoms in total. The highest BCUT2D eigenvalue weighted by Crippen LogP contribution is 2.06. The fourth-order valence-electron chi connectivity index (χ4n) is 2.53. The Morgan fingerprint density at radius 2 is 2.00 bits per heavy atom. The van der Waals surface area contributed by atoms with Crippen LogP contribution in [0, 0.1) is 5.82 Å². The minimum absolute atomic E-state index is 0.206. The topological polar surface area (TPSA) is 40.1 Å². The van der Waals surface area contributed by atoms with Gasteiger partial charge in [-0.25, -0.2) is 4.39 Å². The van der Waals surface area contributed by atoms with Crippen LogP contribution >= 0.6 is 0 Å². The Labute approximate surface area is 138 Å². The lowest BCUT2D eigenvalue weighted by Crippen LogP contribution is -2.40. The van der Waals surface area contributed by atoms with Crippen molar-refractivity contribution >= 4 is 5.96 Å². The van der Waals surface area contributed by atoms with Gasteiger partial charge >= 0.3 is 0 Å². The van der Waals surface area contributed by atoms with Gasteiger partial charge in [-0.2, -0.15) is 0 Å². The molecule has 1 aliphatic heterocycles. The number of halogens is 1. The summed E-state index contributed by atoms with van der Waals surface area (Å²) in [6.07, 6.45) is 0. The van der Waals surface area contributed by atoms with Crippen LogP contribution in [0.15, 0.2) is 29.3 Å². The molecule has 0 bridgehead atoms. The predicted molar refractivity (Wildman–Crippen MR) is 91.1 cm³/mol. The number of morpholine rings is 1. The van der Waals surface area contributed by atoms with Crippen molar-refractivity contribution in [3.8, 4) is 0 Å². The van der Waals surface area contributed by atoms with Crippen LogP contribution in [0.4, 0.5) is 4.39 Å². The number of aliphatic imine (C=N–C) groups is 1. The van der Waals surface area contributed by atoms with Crippen molar-refractivity contribution < 1.29 is 9.13 Å². The first-order chi connectivity index (χ1) is 11.2. The number of guanidine groups is 1. The van der Waals surface area contributed by atoms with Gasteiger partial charge < -0.3 is 15.0 Å². The molecule has 1 aromatic rings. The van der Waals surface area contributed by atoms with Gasteiger partial charge in [-0.1, -0.05) is 12.1 Å². The van der Waals surface area contributed by atoms with Gasteiger partial charge in [-0.3, -0.25) is 9.89 Å². The first kappa shape index (κ1) is 17.7. The van der Waals surface area contributed by atoms with Crippen LogP contribution in [0.5, 0.6) is 0 Å². The summed E-state index contributed by atoms with van der Waals surface area (Å²) in [5.74, 6) is 0.674. The van der Waals surface area contributed by atoms with E-state index in [0.29, 0.717) is 6.54 Å². The Morgan fingerprint density at radius 3 is 2.65 bits per heavy atom. The number of nitrogens with one attached hydrogen (secondary N) is 1. The molecule has 0 unspecified atom stereocenters. The average Bonchev–Trinajstić information content (AvgIpc) is 2.57. The molecule has 23 heavy (non-hydrogen) atoms. The highest BCUT2D eigenvalue weighted by Gasteiger charge is 2.10. The standard InChI is InChI=1S/C17H27FN4O/c1-3-19-17(20-8-9-22-10-12-23-13-11-22)21(2)14-15-4-6-16(18)7-5-15/h4-7H,3,8-14H2,1-2H3,(H,19,20). The van der Waals surface area contributed by atoms with Crippen LogP contribution in [-0.2, 0) is 11.3 Å². The smallest absolute Gasteiger partial charge is 0.194 e. The summed E-state index contributed by atoms with van der Waals surface area (Å²) < 4.78 is 18.3. The molecule has 0 amide bonds. The number of nitrogens with zero attached hydrogens (tertiary/aromatic N) is 3. The van der Waals surface area contributed by atoms with Gasteiger partial charge in [0.25, 0.3) is 0 Å². The molecule has 0 spiro atoms. The van der Waals surface area contributed by atoms with Crippen LogP contribution in [0.3, 0.4) is 0 Å². The predicted octanol–water partition coefficient (Wildman–Crippen LogP) is 1.56. The van der Waals surface area contributed by atoms with Crippen LogP contribution in [0.2, 0.25) is 0 Å². The number of hydrogen-bond acceptors (Lipinski definition) is 3. The second kappa shape index (κ2) is 9.47. The quantitative estimate of drug-likeness (QED) is 0.637. The molecule has 0 radical (unpaired) electrons. The molecule has 0 aromatic heterocycles. The van der Waals surface area contributed by atoms with Crippen molar-refractivity contribution in [1.82, 2.24) is 15.1 Å². The van der Waals surface area contributed by atoms with Crippen LogP contribution in [-0.4, -0.2) is 68.7 Å². The van der Waals surface area contributed by atoms with Crippen molar-refractivity contribution in [2.24, 2.45) is 4.99 Å². The van der Waals surface area contributed by atoms with E-state index in [2.05, 4.69) is 22.0 Å². The van der Waals surface area contributed by atoms with E-state index in [1.165, 1.54) is 12.1 Å². The van der Waals surface area contributed by atoms with E-state index in [0.717, 1.165) is 57.5 Å². The van der Waals surface area contributed by atoms with E-state index >= 15 is 0 Å². The molecular formula is C17H27FN4O. The number of rotatable bonds is 6. The molecule has 1 fully saturated rings. The van der Waals surface area contributed by atoms with Gasteiger partial charge in [-0.05, 0) is 24.6 Å². The molecule has 0 aliphatic carbocycles. The van der Waals surface area contributed by atoms with E-state index in [9.17, 15) is 4.39 Å². The Balaban J connectivity index is 1.87. The second-order valence-electron chi connectivity index (χ2n) is 5.67. The molecule has 0 atom stereocenters. The van der Waals surface area contributed by atoms with Crippen LogP contribution < -0.4 is 5.32 Å². The highest BCUT2D eigenvalue weighted by molar-refractivity contribution is 5.79. The summed E-state index contributed by atoms with van der Waals surface area (Å²) in [7, 11) is 2.00. The Bertz CT molecular complexity index is 486. The van der Waals surface area contributed by atoms with Gasteiger partial charge in [0.15, 0.2) is 5.96 Å². The van der Waals surface area contributed by atoms with Crippen molar-refractivity contribution in [3.05, 3.63) is 35.6 Å². The number of ether oxygens (including phenoxy) is 1. The third kappa shape index (κ3) is 6.15. The van der Waals surface area contributed by atoms with E-state index in [1.54, 1.807) is 0 Å². The molecule has 1 N–H and O–H groups in total. The molecule has 6 heteroatoms. The number of benzene rings is 1. The zero-order valence-electron chi connectivity index (χ0n) is 14.1. The summed E-state index contributed by atoms with van der Waals surface area (Å²) in [5, 5.41) is 3.31. The fraction of sp³-hybridized carbons (Fsp3) is 0.588. The molecule has 1 saturated heterocycles. The van der Waals surface area contributed by atoms with Gasteiger partial charge in [-0.15, -0.1) is 0 Å². The third-order valence-corrected chi connectivity index (χ3v) is 3.81.